The second-order valence-corrected chi connectivity index (χ2v) is 6.95. The Labute approximate surface area is 171 Å². The first-order valence-electron chi connectivity index (χ1n) is 9.87. The lowest BCUT2D eigenvalue weighted by molar-refractivity contribution is -0.114. The number of ketones is 1. The van der Waals surface area contributed by atoms with Crippen LogP contribution in [0.15, 0.2) is 60.2 Å². The number of esters is 1. The Balaban J connectivity index is 0.000000360. The van der Waals surface area contributed by atoms with Gasteiger partial charge in [0.15, 0.2) is 5.78 Å². The molecule has 0 bridgehead atoms. The smallest absolute Gasteiger partial charge is 0.342 e. The van der Waals surface area contributed by atoms with Crippen molar-refractivity contribution in [2.45, 2.75) is 45.4 Å². The van der Waals surface area contributed by atoms with E-state index in [4.69, 9.17) is 4.74 Å². The Kier molecular flexibility index (Phi) is 8.96. The van der Waals surface area contributed by atoms with Crippen molar-refractivity contribution < 1.29 is 24.5 Å². The molecule has 1 aliphatic carbocycles. The number of rotatable bonds is 0. The van der Waals surface area contributed by atoms with Gasteiger partial charge in [0.1, 0.15) is 17.1 Å². The monoisotopic (exact) mass is 396 g/mol. The van der Waals surface area contributed by atoms with E-state index in [1.807, 2.05) is 12.2 Å². The standard InChI is InChI=1S/C17H18O5.C7H10/c18-13-7-5-3-1-2-4-6-8-22-17(21)16-12(9-13)10-14(19)11-15(16)20;1-7-5-3-2-4-6-7/h2,4-5,7,10-11,19-20H,1,3,6,8-9H2;3,5-6H,2,4H2,1H3/b4-2+,7-5+;. The number of allylic oxidation sites excluding steroid dienone is 7. The second-order valence-electron chi connectivity index (χ2n) is 6.95. The SMILES string of the molecule is CC1=CCCC=C1.O=C1/C=C/CC/C=C/CCOC(=O)c2c(O)cc(O)cc2C1. The zero-order chi connectivity index (χ0) is 21.1. The number of hydrogen-bond donors (Lipinski definition) is 2. The number of fused-ring (bicyclic) bond motifs is 1. The van der Waals surface area contributed by atoms with E-state index in [0.717, 1.165) is 18.9 Å². The Morgan fingerprint density at radius 2 is 1.55 bits per heavy atom. The third-order valence-corrected chi connectivity index (χ3v) is 4.42. The number of phenols is 2. The summed E-state index contributed by atoms with van der Waals surface area (Å²) in [5.74, 6) is -1.50. The maximum Gasteiger partial charge on any atom is 0.342 e. The highest BCUT2D eigenvalue weighted by molar-refractivity contribution is 5.98. The van der Waals surface area contributed by atoms with E-state index in [1.165, 1.54) is 30.6 Å². The summed E-state index contributed by atoms with van der Waals surface area (Å²) in [6, 6.07) is 2.36. The second kappa shape index (κ2) is 11.7. The molecule has 0 aromatic heterocycles. The first-order chi connectivity index (χ1) is 14.0. The topological polar surface area (TPSA) is 83.8 Å². The highest BCUT2D eigenvalue weighted by atomic mass is 16.5. The van der Waals surface area contributed by atoms with Gasteiger partial charge in [0.25, 0.3) is 0 Å². The maximum atomic E-state index is 12.1. The molecule has 0 radical (unpaired) electrons. The number of hydrogen-bond acceptors (Lipinski definition) is 5. The molecule has 154 valence electrons. The minimum Gasteiger partial charge on any atom is -0.508 e. The quantitative estimate of drug-likeness (QED) is 0.479. The summed E-state index contributed by atoms with van der Waals surface area (Å²) in [6.45, 7) is 2.33. The van der Waals surface area contributed by atoms with Crippen LogP contribution < -0.4 is 0 Å². The first-order valence-corrected chi connectivity index (χ1v) is 9.87. The molecule has 1 aromatic carbocycles. The molecular formula is C24H28O5. The fourth-order valence-electron chi connectivity index (χ4n) is 2.97. The zero-order valence-corrected chi connectivity index (χ0v) is 16.8. The molecule has 2 aliphatic rings. The van der Waals surface area contributed by atoms with Gasteiger partial charge in [0.05, 0.1) is 6.61 Å². The Morgan fingerprint density at radius 3 is 2.24 bits per heavy atom. The maximum absolute atomic E-state index is 12.1. The van der Waals surface area contributed by atoms with Gasteiger partial charge < -0.3 is 14.9 Å². The van der Waals surface area contributed by atoms with E-state index in [-0.39, 0.29) is 41.4 Å². The van der Waals surface area contributed by atoms with Gasteiger partial charge in [0.2, 0.25) is 0 Å². The molecule has 3 rings (SSSR count). The first kappa shape index (κ1) is 22.2. The lowest BCUT2D eigenvalue weighted by Gasteiger charge is -2.11. The van der Waals surface area contributed by atoms with Crippen LogP contribution in [-0.4, -0.2) is 28.6 Å². The molecule has 0 saturated carbocycles. The number of benzene rings is 1. The van der Waals surface area contributed by atoms with Gasteiger partial charge in [-0.3, -0.25) is 4.79 Å². The van der Waals surface area contributed by atoms with Crippen molar-refractivity contribution in [2.24, 2.45) is 0 Å². The molecule has 0 atom stereocenters. The lowest BCUT2D eigenvalue weighted by Crippen LogP contribution is -2.12. The van der Waals surface area contributed by atoms with Crippen LogP contribution in [0.3, 0.4) is 0 Å². The number of carbonyl (C=O) groups is 2. The van der Waals surface area contributed by atoms with Crippen molar-refractivity contribution >= 4 is 11.8 Å². The van der Waals surface area contributed by atoms with Gasteiger partial charge in [-0.1, -0.05) is 42.0 Å². The Morgan fingerprint density at radius 1 is 0.862 bits per heavy atom. The number of carbonyl (C=O) groups excluding carboxylic acids is 2. The van der Waals surface area contributed by atoms with Gasteiger partial charge in [0, 0.05) is 12.5 Å². The predicted molar refractivity (Wildman–Crippen MR) is 113 cm³/mol. The van der Waals surface area contributed by atoms with Crippen LogP contribution in [0.5, 0.6) is 11.5 Å². The zero-order valence-electron chi connectivity index (χ0n) is 16.8. The lowest BCUT2D eigenvalue weighted by atomic mass is 10.00. The summed E-state index contributed by atoms with van der Waals surface area (Å²) in [6.07, 6.45) is 18.3. The molecule has 1 aromatic rings. The van der Waals surface area contributed by atoms with E-state index in [9.17, 15) is 19.8 Å². The fraction of sp³-hybridized carbons (Fsp3) is 0.333. The summed E-state index contributed by atoms with van der Waals surface area (Å²) in [5, 5.41) is 19.5. The van der Waals surface area contributed by atoms with Crippen LogP contribution in [0.2, 0.25) is 0 Å². The Bertz CT molecular complexity index is 843. The van der Waals surface area contributed by atoms with Crippen LogP contribution in [-0.2, 0) is 16.0 Å². The fourth-order valence-corrected chi connectivity index (χ4v) is 2.97. The summed E-state index contributed by atoms with van der Waals surface area (Å²) >= 11 is 0. The van der Waals surface area contributed by atoms with E-state index < -0.39 is 5.97 Å². The van der Waals surface area contributed by atoms with Crippen LogP contribution in [0.4, 0.5) is 0 Å². The summed E-state index contributed by atoms with van der Waals surface area (Å²) in [5.41, 5.74) is 1.59. The molecule has 1 aliphatic heterocycles. The number of phenolic OH excluding ortho intramolecular Hbond substituents is 2. The molecule has 0 amide bonds. The highest BCUT2D eigenvalue weighted by Crippen LogP contribution is 2.28. The van der Waals surface area contributed by atoms with Gasteiger partial charge in [-0.15, -0.1) is 0 Å². The molecule has 2 N–H and O–H groups in total. The van der Waals surface area contributed by atoms with Gasteiger partial charge in [-0.05, 0) is 56.7 Å². The minimum atomic E-state index is -0.699. The molecule has 1 heterocycles. The molecule has 0 saturated heterocycles. The summed E-state index contributed by atoms with van der Waals surface area (Å²) in [7, 11) is 0. The molecule has 0 fully saturated rings. The van der Waals surface area contributed by atoms with Crippen molar-refractivity contribution in [2.75, 3.05) is 6.61 Å². The average molecular weight is 396 g/mol. The molecular weight excluding hydrogens is 368 g/mol. The van der Waals surface area contributed by atoms with Crippen molar-refractivity contribution in [1.82, 2.24) is 0 Å². The van der Waals surface area contributed by atoms with E-state index in [2.05, 4.69) is 25.2 Å². The minimum absolute atomic E-state index is 0.0689. The van der Waals surface area contributed by atoms with Crippen LogP contribution in [0.25, 0.3) is 0 Å². The summed E-state index contributed by atoms with van der Waals surface area (Å²) in [4.78, 5) is 24.0. The van der Waals surface area contributed by atoms with Gasteiger partial charge in [-0.2, -0.15) is 0 Å². The van der Waals surface area contributed by atoms with Crippen LogP contribution in [0, 0.1) is 0 Å². The number of aromatic hydroxyl groups is 2. The number of cyclic esters (lactones) is 1. The van der Waals surface area contributed by atoms with E-state index in [1.54, 1.807) is 6.08 Å². The largest absolute Gasteiger partial charge is 0.508 e. The van der Waals surface area contributed by atoms with Crippen molar-refractivity contribution in [3.8, 4) is 11.5 Å². The molecule has 0 spiro atoms. The van der Waals surface area contributed by atoms with Crippen molar-refractivity contribution in [3.63, 3.8) is 0 Å². The van der Waals surface area contributed by atoms with Gasteiger partial charge >= 0.3 is 5.97 Å². The van der Waals surface area contributed by atoms with Crippen molar-refractivity contribution in [3.05, 3.63) is 71.4 Å². The van der Waals surface area contributed by atoms with Crippen molar-refractivity contribution in [1.29, 1.82) is 0 Å². The van der Waals surface area contributed by atoms with Gasteiger partial charge in [-0.25, -0.2) is 4.79 Å². The average Bonchev–Trinajstić information content (AvgIpc) is 2.66. The normalized spacial score (nSPS) is 19.6. The predicted octanol–water partition coefficient (Wildman–Crippen LogP) is 4.95. The molecule has 5 heteroatoms. The Hall–Kier alpha value is -3.08. The third-order valence-electron chi connectivity index (χ3n) is 4.42. The third kappa shape index (κ3) is 7.82. The molecule has 0 unspecified atom stereocenters. The highest BCUT2D eigenvalue weighted by Gasteiger charge is 2.20. The summed E-state index contributed by atoms with van der Waals surface area (Å²) < 4.78 is 5.11. The van der Waals surface area contributed by atoms with E-state index >= 15 is 0 Å². The number of ether oxygens (including phenoxy) is 1. The van der Waals surface area contributed by atoms with Crippen LogP contribution >= 0.6 is 0 Å². The van der Waals surface area contributed by atoms with Crippen LogP contribution in [0.1, 0.15) is 54.9 Å². The molecule has 5 nitrogen and oxygen atoms in total. The van der Waals surface area contributed by atoms with E-state index in [0.29, 0.717) is 6.42 Å². The molecule has 29 heavy (non-hydrogen) atoms.